The van der Waals surface area contributed by atoms with E-state index in [0.29, 0.717) is 5.95 Å². The summed E-state index contributed by atoms with van der Waals surface area (Å²) in [5.41, 5.74) is 5.90. The van der Waals surface area contributed by atoms with Crippen molar-refractivity contribution in [3.63, 3.8) is 0 Å². The summed E-state index contributed by atoms with van der Waals surface area (Å²) in [6, 6.07) is 0. The first-order valence-electron chi connectivity index (χ1n) is 7.06. The summed E-state index contributed by atoms with van der Waals surface area (Å²) in [5, 5.41) is 0. The maximum atomic E-state index is 5.90. The zero-order valence-corrected chi connectivity index (χ0v) is 10.3. The molecule has 0 aromatic carbocycles. The predicted molar refractivity (Wildman–Crippen MR) is 67.2 cm³/mol. The molecule has 4 aliphatic rings. The third-order valence-electron chi connectivity index (χ3n) is 5.58. The number of rotatable bonds is 2. The number of imidazole rings is 1. The molecule has 0 radical (unpaired) electrons. The van der Waals surface area contributed by atoms with E-state index >= 15 is 0 Å². The molecule has 17 heavy (non-hydrogen) atoms. The number of hydrogen-bond donors (Lipinski definition) is 1. The first-order chi connectivity index (χ1) is 8.29. The summed E-state index contributed by atoms with van der Waals surface area (Å²) in [7, 11) is 0. The highest BCUT2D eigenvalue weighted by atomic mass is 15.1. The molecule has 0 unspecified atom stereocenters. The van der Waals surface area contributed by atoms with Crippen LogP contribution in [0, 0.1) is 29.6 Å². The van der Waals surface area contributed by atoms with Crippen LogP contribution in [-0.2, 0) is 6.54 Å². The van der Waals surface area contributed by atoms with Crippen molar-refractivity contribution in [2.45, 2.75) is 38.6 Å². The standard InChI is InChI=1S/C14H21N3/c15-14-16-1-2-17(14)8-13-11-4-9-3-10(6-11)7-12(13)5-9/h1-2,9-13H,3-8H2,(H2,15,16). The van der Waals surface area contributed by atoms with Crippen LogP contribution >= 0.6 is 0 Å². The molecule has 3 nitrogen and oxygen atoms in total. The van der Waals surface area contributed by atoms with Crippen LogP contribution in [0.15, 0.2) is 12.4 Å². The molecule has 4 fully saturated rings. The van der Waals surface area contributed by atoms with Gasteiger partial charge in [0.25, 0.3) is 0 Å². The SMILES string of the molecule is Nc1nccn1CC1C2CC3CC(C2)CC1C3. The van der Waals surface area contributed by atoms with E-state index in [2.05, 4.69) is 9.55 Å². The number of aromatic nitrogens is 2. The summed E-state index contributed by atoms with van der Waals surface area (Å²) < 4.78 is 2.16. The van der Waals surface area contributed by atoms with Crippen LogP contribution in [0.3, 0.4) is 0 Å². The van der Waals surface area contributed by atoms with Crippen molar-refractivity contribution in [1.29, 1.82) is 0 Å². The molecule has 4 bridgehead atoms. The molecular formula is C14H21N3. The summed E-state index contributed by atoms with van der Waals surface area (Å²) in [6.07, 6.45) is 11.4. The van der Waals surface area contributed by atoms with Gasteiger partial charge in [0.1, 0.15) is 0 Å². The molecule has 1 aromatic heterocycles. The fourth-order valence-corrected chi connectivity index (χ4v) is 5.06. The summed E-state index contributed by atoms with van der Waals surface area (Å²) in [5.74, 6) is 5.65. The van der Waals surface area contributed by atoms with E-state index < -0.39 is 0 Å². The normalized spacial score (nSPS) is 43.2. The Morgan fingerprint density at radius 1 is 1.12 bits per heavy atom. The maximum Gasteiger partial charge on any atom is 0.200 e. The second-order valence-corrected chi connectivity index (χ2v) is 6.53. The van der Waals surface area contributed by atoms with E-state index in [1.807, 2.05) is 12.4 Å². The van der Waals surface area contributed by atoms with Crippen molar-refractivity contribution in [3.05, 3.63) is 12.4 Å². The van der Waals surface area contributed by atoms with E-state index in [1.54, 1.807) is 0 Å². The zero-order chi connectivity index (χ0) is 11.4. The Hall–Kier alpha value is -0.990. The maximum absolute atomic E-state index is 5.90. The Balaban J connectivity index is 1.57. The summed E-state index contributed by atoms with van der Waals surface area (Å²) >= 11 is 0. The summed E-state index contributed by atoms with van der Waals surface area (Å²) in [6.45, 7) is 1.11. The molecule has 0 saturated heterocycles. The van der Waals surface area contributed by atoms with Crippen molar-refractivity contribution >= 4 is 5.95 Å². The van der Waals surface area contributed by atoms with Gasteiger partial charge in [-0.05, 0) is 61.7 Å². The minimum atomic E-state index is 0.693. The van der Waals surface area contributed by atoms with Crippen LogP contribution in [0.4, 0.5) is 5.95 Å². The van der Waals surface area contributed by atoms with Crippen LogP contribution in [-0.4, -0.2) is 9.55 Å². The van der Waals surface area contributed by atoms with Gasteiger partial charge in [-0.15, -0.1) is 0 Å². The highest BCUT2D eigenvalue weighted by Crippen LogP contribution is 2.56. The molecule has 5 rings (SSSR count). The van der Waals surface area contributed by atoms with Crippen LogP contribution in [0.2, 0.25) is 0 Å². The summed E-state index contributed by atoms with van der Waals surface area (Å²) in [4.78, 5) is 4.14. The largest absolute Gasteiger partial charge is 0.369 e. The van der Waals surface area contributed by atoms with Crippen LogP contribution < -0.4 is 5.73 Å². The second kappa shape index (κ2) is 3.50. The lowest BCUT2D eigenvalue weighted by molar-refractivity contribution is -0.0427. The second-order valence-electron chi connectivity index (χ2n) is 6.53. The van der Waals surface area contributed by atoms with Gasteiger partial charge in [-0.1, -0.05) is 0 Å². The van der Waals surface area contributed by atoms with Gasteiger partial charge in [0.2, 0.25) is 0 Å². The van der Waals surface area contributed by atoms with E-state index in [0.717, 1.165) is 36.1 Å². The van der Waals surface area contributed by atoms with Crippen molar-refractivity contribution in [1.82, 2.24) is 9.55 Å². The van der Waals surface area contributed by atoms with Gasteiger partial charge in [0.05, 0.1) is 0 Å². The molecule has 4 aliphatic carbocycles. The number of nitrogens with two attached hydrogens (primary N) is 1. The van der Waals surface area contributed by atoms with Gasteiger partial charge in [-0.25, -0.2) is 4.98 Å². The number of nitrogens with zero attached hydrogens (tertiary/aromatic N) is 2. The Labute approximate surface area is 102 Å². The number of nitrogen functional groups attached to an aromatic ring is 1. The van der Waals surface area contributed by atoms with Gasteiger partial charge in [0.15, 0.2) is 5.95 Å². The zero-order valence-electron chi connectivity index (χ0n) is 10.3. The molecular weight excluding hydrogens is 210 g/mol. The minimum absolute atomic E-state index is 0.693. The topological polar surface area (TPSA) is 43.8 Å². The lowest BCUT2D eigenvalue weighted by Crippen LogP contribution is -2.46. The van der Waals surface area contributed by atoms with Crippen molar-refractivity contribution in [2.24, 2.45) is 29.6 Å². The Bertz CT molecular complexity index is 395. The molecule has 0 amide bonds. The first-order valence-corrected chi connectivity index (χ1v) is 7.06. The smallest absolute Gasteiger partial charge is 0.200 e. The molecule has 92 valence electrons. The fraction of sp³-hybridized carbons (Fsp3) is 0.786. The molecule has 0 atom stereocenters. The first kappa shape index (κ1) is 9.98. The van der Waals surface area contributed by atoms with E-state index in [-0.39, 0.29) is 0 Å². The fourth-order valence-electron chi connectivity index (χ4n) is 5.06. The van der Waals surface area contributed by atoms with Crippen LogP contribution in [0.1, 0.15) is 32.1 Å². The van der Waals surface area contributed by atoms with Crippen molar-refractivity contribution in [3.8, 4) is 0 Å². The van der Waals surface area contributed by atoms with E-state index in [1.165, 1.54) is 32.1 Å². The Kier molecular flexibility index (Phi) is 2.06. The highest BCUT2D eigenvalue weighted by molar-refractivity contribution is 5.17. The van der Waals surface area contributed by atoms with Gasteiger partial charge < -0.3 is 10.3 Å². The van der Waals surface area contributed by atoms with Gasteiger partial charge in [-0.3, -0.25) is 0 Å². The Morgan fingerprint density at radius 2 is 1.76 bits per heavy atom. The average molecular weight is 231 g/mol. The van der Waals surface area contributed by atoms with Crippen LogP contribution in [0.5, 0.6) is 0 Å². The predicted octanol–water partition coefficient (Wildman–Crippen LogP) is 2.54. The third kappa shape index (κ3) is 1.51. The number of hydrogen-bond acceptors (Lipinski definition) is 2. The lowest BCUT2D eigenvalue weighted by atomic mass is 9.52. The Morgan fingerprint density at radius 3 is 2.29 bits per heavy atom. The molecule has 0 spiro atoms. The van der Waals surface area contributed by atoms with E-state index in [4.69, 9.17) is 5.73 Å². The molecule has 0 aliphatic heterocycles. The van der Waals surface area contributed by atoms with Crippen LogP contribution in [0.25, 0.3) is 0 Å². The van der Waals surface area contributed by atoms with Crippen molar-refractivity contribution in [2.75, 3.05) is 5.73 Å². The molecule has 1 aromatic rings. The van der Waals surface area contributed by atoms with Gasteiger partial charge in [0, 0.05) is 18.9 Å². The van der Waals surface area contributed by atoms with Gasteiger partial charge >= 0.3 is 0 Å². The highest BCUT2D eigenvalue weighted by Gasteiger charge is 2.48. The monoisotopic (exact) mass is 231 g/mol. The third-order valence-corrected chi connectivity index (χ3v) is 5.58. The number of anilines is 1. The average Bonchev–Trinajstić information content (AvgIpc) is 2.68. The molecule has 1 heterocycles. The van der Waals surface area contributed by atoms with Crippen molar-refractivity contribution < 1.29 is 0 Å². The minimum Gasteiger partial charge on any atom is -0.369 e. The van der Waals surface area contributed by atoms with Gasteiger partial charge in [-0.2, -0.15) is 0 Å². The quantitative estimate of drug-likeness (QED) is 0.850. The molecule has 4 saturated carbocycles. The molecule has 2 N–H and O–H groups in total. The van der Waals surface area contributed by atoms with E-state index in [9.17, 15) is 0 Å². The lowest BCUT2D eigenvalue weighted by Gasteiger charge is -2.54. The molecule has 3 heteroatoms.